The molecule has 2 N–H and O–H groups in total. The molecule has 0 saturated heterocycles. The minimum absolute atomic E-state index is 0.239. The smallest absolute Gasteiger partial charge is 0.123 e. The standard InChI is InChI=1S/C12H16N2O/c1-9(2)15-8-14-6-5-10-3-4-11(13)7-12(10)14/h3-7,9H,8,13H2,1-2H3. The molecule has 1 aromatic heterocycles. The van der Waals surface area contributed by atoms with E-state index in [0.717, 1.165) is 11.2 Å². The van der Waals surface area contributed by atoms with E-state index >= 15 is 0 Å². The molecular weight excluding hydrogens is 188 g/mol. The SMILES string of the molecule is CC(C)OCn1ccc2ccc(N)cc21. The Bertz CT molecular complexity index is 460. The van der Waals surface area contributed by atoms with Gasteiger partial charge in [-0.15, -0.1) is 0 Å². The summed E-state index contributed by atoms with van der Waals surface area (Å²) in [6.07, 6.45) is 2.26. The lowest BCUT2D eigenvalue weighted by molar-refractivity contribution is 0.0310. The number of hydrogen-bond acceptors (Lipinski definition) is 2. The van der Waals surface area contributed by atoms with Crippen LogP contribution in [0.3, 0.4) is 0 Å². The second kappa shape index (κ2) is 3.95. The number of anilines is 1. The Morgan fingerprint density at radius 1 is 1.33 bits per heavy atom. The highest BCUT2D eigenvalue weighted by molar-refractivity contribution is 5.83. The number of nitrogens with zero attached hydrogens (tertiary/aromatic N) is 1. The molecule has 0 aliphatic rings. The van der Waals surface area contributed by atoms with Gasteiger partial charge in [0.05, 0.1) is 11.6 Å². The average Bonchev–Trinajstić information content (AvgIpc) is 2.57. The van der Waals surface area contributed by atoms with Crippen molar-refractivity contribution >= 4 is 16.6 Å². The Labute approximate surface area is 89.4 Å². The van der Waals surface area contributed by atoms with Gasteiger partial charge in [0.1, 0.15) is 6.73 Å². The number of benzene rings is 1. The van der Waals surface area contributed by atoms with E-state index in [1.54, 1.807) is 0 Å². The quantitative estimate of drug-likeness (QED) is 0.781. The fraction of sp³-hybridized carbons (Fsp3) is 0.333. The van der Waals surface area contributed by atoms with Crippen molar-refractivity contribution in [3.05, 3.63) is 30.5 Å². The third-order valence-corrected chi connectivity index (χ3v) is 2.34. The predicted molar refractivity (Wildman–Crippen MR) is 62.6 cm³/mol. The first-order valence-electron chi connectivity index (χ1n) is 5.13. The topological polar surface area (TPSA) is 40.2 Å². The molecule has 0 atom stereocenters. The van der Waals surface area contributed by atoms with E-state index in [9.17, 15) is 0 Å². The summed E-state index contributed by atoms with van der Waals surface area (Å²) in [5.41, 5.74) is 7.66. The number of nitrogen functional groups attached to an aromatic ring is 1. The van der Waals surface area contributed by atoms with Gasteiger partial charge in [-0.3, -0.25) is 0 Å². The molecule has 1 aromatic carbocycles. The maximum absolute atomic E-state index is 5.75. The summed E-state index contributed by atoms with van der Waals surface area (Å²) in [5, 5.41) is 1.19. The molecule has 0 aliphatic carbocycles. The van der Waals surface area contributed by atoms with E-state index in [0.29, 0.717) is 6.73 Å². The van der Waals surface area contributed by atoms with E-state index < -0.39 is 0 Å². The van der Waals surface area contributed by atoms with Crippen LogP contribution in [0.2, 0.25) is 0 Å². The largest absolute Gasteiger partial charge is 0.399 e. The Hall–Kier alpha value is -1.48. The normalized spacial score (nSPS) is 11.4. The second-order valence-corrected chi connectivity index (χ2v) is 3.95. The summed E-state index contributed by atoms with van der Waals surface area (Å²) in [6.45, 7) is 4.63. The summed E-state index contributed by atoms with van der Waals surface area (Å²) in [5.74, 6) is 0. The van der Waals surface area contributed by atoms with Crippen molar-refractivity contribution < 1.29 is 4.74 Å². The van der Waals surface area contributed by atoms with Gasteiger partial charge in [-0.1, -0.05) is 6.07 Å². The van der Waals surface area contributed by atoms with Crippen molar-refractivity contribution in [3.63, 3.8) is 0 Å². The molecule has 0 amide bonds. The van der Waals surface area contributed by atoms with Crippen LogP contribution in [0, 0.1) is 0 Å². The molecule has 0 saturated carbocycles. The number of hydrogen-bond donors (Lipinski definition) is 1. The fourth-order valence-corrected chi connectivity index (χ4v) is 1.54. The molecule has 0 fully saturated rings. The molecule has 2 rings (SSSR count). The van der Waals surface area contributed by atoms with Crippen LogP contribution in [-0.4, -0.2) is 10.7 Å². The van der Waals surface area contributed by atoms with Crippen LogP contribution >= 0.6 is 0 Å². The van der Waals surface area contributed by atoms with Crippen LogP contribution in [0.1, 0.15) is 13.8 Å². The van der Waals surface area contributed by atoms with Gasteiger partial charge in [-0.05, 0) is 37.4 Å². The third-order valence-electron chi connectivity index (χ3n) is 2.34. The van der Waals surface area contributed by atoms with Crippen molar-refractivity contribution in [2.45, 2.75) is 26.7 Å². The lowest BCUT2D eigenvalue weighted by atomic mass is 10.2. The highest BCUT2D eigenvalue weighted by Crippen LogP contribution is 2.18. The van der Waals surface area contributed by atoms with Gasteiger partial charge in [0.25, 0.3) is 0 Å². The van der Waals surface area contributed by atoms with E-state index in [4.69, 9.17) is 10.5 Å². The zero-order chi connectivity index (χ0) is 10.8. The summed E-state index contributed by atoms with van der Waals surface area (Å²) in [6, 6.07) is 7.98. The maximum Gasteiger partial charge on any atom is 0.123 e. The number of ether oxygens (including phenoxy) is 1. The molecule has 15 heavy (non-hydrogen) atoms. The van der Waals surface area contributed by atoms with Gasteiger partial charge in [-0.2, -0.15) is 0 Å². The van der Waals surface area contributed by atoms with Crippen LogP contribution in [-0.2, 0) is 11.5 Å². The predicted octanol–water partition coefficient (Wildman–Crippen LogP) is 2.61. The van der Waals surface area contributed by atoms with Crippen LogP contribution in [0.15, 0.2) is 30.5 Å². The van der Waals surface area contributed by atoms with Crippen LogP contribution < -0.4 is 5.73 Å². The number of fused-ring (bicyclic) bond motifs is 1. The number of aromatic nitrogens is 1. The lowest BCUT2D eigenvalue weighted by Gasteiger charge is -2.09. The van der Waals surface area contributed by atoms with Gasteiger partial charge < -0.3 is 15.0 Å². The highest BCUT2D eigenvalue weighted by Gasteiger charge is 2.01. The molecule has 0 radical (unpaired) electrons. The summed E-state index contributed by atoms with van der Waals surface area (Å²) >= 11 is 0. The Morgan fingerprint density at radius 2 is 2.13 bits per heavy atom. The molecule has 1 heterocycles. The molecule has 2 aromatic rings. The Morgan fingerprint density at radius 3 is 2.87 bits per heavy atom. The summed E-state index contributed by atoms with van der Waals surface area (Å²) < 4.78 is 7.62. The van der Waals surface area contributed by atoms with Crippen LogP contribution in [0.4, 0.5) is 5.69 Å². The van der Waals surface area contributed by atoms with Crippen molar-refractivity contribution in [2.24, 2.45) is 0 Å². The van der Waals surface area contributed by atoms with Crippen molar-refractivity contribution in [3.8, 4) is 0 Å². The first kappa shape index (κ1) is 10.1. The summed E-state index contributed by atoms with van der Waals surface area (Å²) in [4.78, 5) is 0. The van der Waals surface area contributed by atoms with Gasteiger partial charge >= 0.3 is 0 Å². The Balaban J connectivity index is 2.31. The first-order valence-corrected chi connectivity index (χ1v) is 5.13. The molecule has 0 spiro atoms. The van der Waals surface area contributed by atoms with Crippen molar-refractivity contribution in [1.82, 2.24) is 4.57 Å². The average molecular weight is 204 g/mol. The molecule has 80 valence electrons. The monoisotopic (exact) mass is 204 g/mol. The zero-order valence-electron chi connectivity index (χ0n) is 9.10. The molecule has 0 bridgehead atoms. The van der Waals surface area contributed by atoms with E-state index in [-0.39, 0.29) is 6.10 Å². The summed E-state index contributed by atoms with van der Waals surface area (Å²) in [7, 11) is 0. The highest BCUT2D eigenvalue weighted by atomic mass is 16.5. The Kier molecular flexibility index (Phi) is 2.64. The van der Waals surface area contributed by atoms with Gasteiger partial charge in [0.2, 0.25) is 0 Å². The number of rotatable bonds is 3. The lowest BCUT2D eigenvalue weighted by Crippen LogP contribution is -2.07. The van der Waals surface area contributed by atoms with Gasteiger partial charge in [0, 0.05) is 11.9 Å². The molecular formula is C12H16N2O. The second-order valence-electron chi connectivity index (χ2n) is 3.95. The fourth-order valence-electron chi connectivity index (χ4n) is 1.54. The zero-order valence-corrected chi connectivity index (χ0v) is 9.10. The van der Waals surface area contributed by atoms with Crippen molar-refractivity contribution in [2.75, 3.05) is 5.73 Å². The molecule has 3 nitrogen and oxygen atoms in total. The minimum atomic E-state index is 0.239. The number of nitrogens with two attached hydrogens (primary N) is 1. The minimum Gasteiger partial charge on any atom is -0.399 e. The van der Waals surface area contributed by atoms with Crippen LogP contribution in [0.25, 0.3) is 10.9 Å². The molecule has 3 heteroatoms. The van der Waals surface area contributed by atoms with Crippen LogP contribution in [0.5, 0.6) is 0 Å². The van der Waals surface area contributed by atoms with Gasteiger partial charge in [-0.25, -0.2) is 0 Å². The first-order chi connectivity index (χ1) is 7.16. The molecule has 0 aliphatic heterocycles. The third kappa shape index (κ3) is 2.13. The van der Waals surface area contributed by atoms with E-state index in [1.807, 2.05) is 38.2 Å². The van der Waals surface area contributed by atoms with Crippen molar-refractivity contribution in [1.29, 1.82) is 0 Å². The van der Waals surface area contributed by atoms with Gasteiger partial charge in [0.15, 0.2) is 0 Å². The van der Waals surface area contributed by atoms with E-state index in [2.05, 4.69) is 10.6 Å². The van der Waals surface area contributed by atoms with E-state index in [1.165, 1.54) is 5.39 Å². The molecule has 0 unspecified atom stereocenters. The maximum atomic E-state index is 5.75.